The second kappa shape index (κ2) is 2.92. The van der Waals surface area contributed by atoms with Gasteiger partial charge in [0.15, 0.2) is 5.78 Å². The average Bonchev–Trinajstić information content (AvgIpc) is 2.46. The third kappa shape index (κ3) is 1.47. The van der Waals surface area contributed by atoms with Crippen LogP contribution in [0.25, 0.3) is 10.2 Å². The molecule has 0 amide bonds. The molecule has 0 unspecified atom stereocenters. The van der Waals surface area contributed by atoms with Crippen molar-refractivity contribution in [3.63, 3.8) is 0 Å². The summed E-state index contributed by atoms with van der Waals surface area (Å²) in [4.78, 5) is 17.2. The Hall–Kier alpha value is -1.22. The van der Waals surface area contributed by atoms with Gasteiger partial charge in [-0.15, -0.1) is 11.3 Å². The molecule has 0 atom stereocenters. The molecule has 0 aromatic carbocycles. The number of Topliss-reactive ketones (excluding diaryl/α,β-unsaturated/α-hetero) is 1. The van der Waals surface area contributed by atoms with Crippen LogP contribution in [-0.2, 0) is 0 Å². The summed E-state index contributed by atoms with van der Waals surface area (Å²) < 4.78 is 0. The van der Waals surface area contributed by atoms with Crippen molar-refractivity contribution in [2.24, 2.45) is 0 Å². The van der Waals surface area contributed by atoms with Crippen LogP contribution in [0.1, 0.15) is 22.3 Å². The molecule has 0 fully saturated rings. The Kier molecular flexibility index (Phi) is 1.88. The predicted octanol–water partition coefficient (Wildman–Crippen LogP) is 2.81. The Balaban J connectivity index is 2.68. The van der Waals surface area contributed by atoms with Crippen molar-refractivity contribution in [2.75, 3.05) is 0 Å². The number of hydrogen-bond donors (Lipinski definition) is 0. The molecule has 2 heterocycles. The van der Waals surface area contributed by atoms with Crippen LogP contribution < -0.4 is 0 Å². The van der Waals surface area contributed by atoms with E-state index in [-0.39, 0.29) is 5.78 Å². The molecule has 2 nitrogen and oxygen atoms in total. The van der Waals surface area contributed by atoms with Crippen molar-refractivity contribution in [1.82, 2.24) is 4.98 Å². The minimum Gasteiger partial charge on any atom is -0.294 e. The van der Waals surface area contributed by atoms with Gasteiger partial charge in [-0.1, -0.05) is 6.07 Å². The quantitative estimate of drug-likeness (QED) is 0.649. The van der Waals surface area contributed by atoms with E-state index in [1.807, 2.05) is 25.1 Å². The first-order chi connectivity index (χ1) is 6.16. The van der Waals surface area contributed by atoms with Gasteiger partial charge in [0.2, 0.25) is 0 Å². The van der Waals surface area contributed by atoms with Crippen LogP contribution in [0.15, 0.2) is 18.2 Å². The van der Waals surface area contributed by atoms with Crippen LogP contribution in [0.3, 0.4) is 0 Å². The van der Waals surface area contributed by atoms with Crippen molar-refractivity contribution in [3.8, 4) is 0 Å². The maximum absolute atomic E-state index is 11.1. The molecule has 0 spiro atoms. The monoisotopic (exact) mass is 191 g/mol. The summed E-state index contributed by atoms with van der Waals surface area (Å²) in [6.45, 7) is 3.53. The van der Waals surface area contributed by atoms with Crippen molar-refractivity contribution in [1.29, 1.82) is 0 Å². The highest BCUT2D eigenvalue weighted by molar-refractivity contribution is 7.20. The van der Waals surface area contributed by atoms with Gasteiger partial charge in [-0.2, -0.15) is 0 Å². The molecular weight excluding hydrogens is 182 g/mol. The molecule has 0 saturated carbocycles. The maximum Gasteiger partial charge on any atom is 0.169 e. The number of nitrogens with zero attached hydrogens (tertiary/aromatic N) is 1. The Bertz CT molecular complexity index is 473. The Labute approximate surface area is 80.2 Å². The number of carbonyl (C=O) groups is 1. The summed E-state index contributed by atoms with van der Waals surface area (Å²) in [6, 6.07) is 5.86. The summed E-state index contributed by atoms with van der Waals surface area (Å²) >= 11 is 1.46. The lowest BCUT2D eigenvalue weighted by molar-refractivity contribution is 0.102. The summed E-state index contributed by atoms with van der Waals surface area (Å²) in [5, 5.41) is 1.06. The standard InChI is InChI=1S/C10H9NOS/c1-6-3-4-8-5-9(7(2)12)13-10(8)11-6/h3-5H,1-2H3. The van der Waals surface area contributed by atoms with Crippen LogP contribution in [0, 0.1) is 6.92 Å². The fraction of sp³-hybridized carbons (Fsp3) is 0.200. The van der Waals surface area contributed by atoms with E-state index in [4.69, 9.17) is 0 Å². The van der Waals surface area contributed by atoms with Gasteiger partial charge in [0, 0.05) is 11.1 Å². The summed E-state index contributed by atoms with van der Waals surface area (Å²) in [7, 11) is 0. The number of pyridine rings is 1. The highest BCUT2D eigenvalue weighted by Crippen LogP contribution is 2.24. The summed E-state index contributed by atoms with van der Waals surface area (Å²) in [5.41, 5.74) is 0.990. The van der Waals surface area contributed by atoms with Gasteiger partial charge in [-0.3, -0.25) is 4.79 Å². The second-order valence-electron chi connectivity index (χ2n) is 3.01. The van der Waals surface area contributed by atoms with Gasteiger partial charge < -0.3 is 0 Å². The third-order valence-electron chi connectivity index (χ3n) is 1.87. The van der Waals surface area contributed by atoms with Gasteiger partial charge in [-0.25, -0.2) is 4.98 Å². The maximum atomic E-state index is 11.1. The lowest BCUT2D eigenvalue weighted by Gasteiger charge is -1.89. The smallest absolute Gasteiger partial charge is 0.169 e. The fourth-order valence-electron chi connectivity index (χ4n) is 1.18. The third-order valence-corrected chi connectivity index (χ3v) is 3.01. The molecule has 0 bridgehead atoms. The Morgan fingerprint density at radius 1 is 1.46 bits per heavy atom. The first-order valence-electron chi connectivity index (χ1n) is 4.05. The number of aryl methyl sites for hydroxylation is 1. The minimum atomic E-state index is 0.112. The van der Waals surface area contributed by atoms with Crippen molar-refractivity contribution in [3.05, 3.63) is 28.8 Å². The van der Waals surface area contributed by atoms with Crippen LogP contribution in [0.5, 0.6) is 0 Å². The number of fused-ring (bicyclic) bond motifs is 1. The molecule has 0 aliphatic heterocycles. The Morgan fingerprint density at radius 2 is 2.23 bits per heavy atom. The largest absolute Gasteiger partial charge is 0.294 e. The van der Waals surface area contributed by atoms with E-state index in [0.29, 0.717) is 0 Å². The number of aromatic nitrogens is 1. The van der Waals surface area contributed by atoms with Crippen molar-refractivity contribution in [2.45, 2.75) is 13.8 Å². The first kappa shape index (κ1) is 8.38. The highest BCUT2D eigenvalue weighted by Gasteiger charge is 2.05. The van der Waals surface area contributed by atoms with Crippen LogP contribution in [0.2, 0.25) is 0 Å². The van der Waals surface area contributed by atoms with E-state index in [0.717, 1.165) is 20.8 Å². The number of carbonyl (C=O) groups excluding carboxylic acids is 1. The molecule has 0 radical (unpaired) electrons. The van der Waals surface area contributed by atoms with E-state index in [2.05, 4.69) is 4.98 Å². The summed E-state index contributed by atoms with van der Waals surface area (Å²) in [6.07, 6.45) is 0. The van der Waals surface area contributed by atoms with Crippen molar-refractivity contribution < 1.29 is 4.79 Å². The van der Waals surface area contributed by atoms with Crippen LogP contribution >= 0.6 is 11.3 Å². The van der Waals surface area contributed by atoms with E-state index in [1.54, 1.807) is 6.92 Å². The predicted molar refractivity (Wildman–Crippen MR) is 54.4 cm³/mol. The normalized spacial score (nSPS) is 10.6. The van der Waals surface area contributed by atoms with Crippen LogP contribution in [0.4, 0.5) is 0 Å². The highest BCUT2D eigenvalue weighted by atomic mass is 32.1. The lowest BCUT2D eigenvalue weighted by atomic mass is 10.2. The molecule has 3 heteroatoms. The SMILES string of the molecule is CC(=O)c1cc2ccc(C)nc2s1. The zero-order valence-electron chi connectivity index (χ0n) is 7.50. The van der Waals surface area contributed by atoms with Gasteiger partial charge in [-0.05, 0) is 26.0 Å². The van der Waals surface area contributed by atoms with Crippen LogP contribution in [-0.4, -0.2) is 10.8 Å². The Morgan fingerprint density at radius 3 is 2.92 bits per heavy atom. The number of rotatable bonds is 1. The average molecular weight is 191 g/mol. The van der Waals surface area contributed by atoms with E-state index in [1.165, 1.54) is 11.3 Å². The number of ketones is 1. The lowest BCUT2D eigenvalue weighted by Crippen LogP contribution is -1.83. The zero-order chi connectivity index (χ0) is 9.42. The molecule has 0 N–H and O–H groups in total. The van der Waals surface area contributed by atoms with Crippen molar-refractivity contribution >= 4 is 27.3 Å². The number of thiophene rings is 1. The minimum absolute atomic E-state index is 0.112. The molecule has 0 saturated heterocycles. The summed E-state index contributed by atoms with van der Waals surface area (Å²) in [5.74, 6) is 0.112. The van der Waals surface area contributed by atoms with Gasteiger partial charge in [0.05, 0.1) is 4.88 Å². The van der Waals surface area contributed by atoms with E-state index in [9.17, 15) is 4.79 Å². The molecule has 0 aliphatic rings. The molecule has 0 aliphatic carbocycles. The van der Waals surface area contributed by atoms with E-state index >= 15 is 0 Å². The topological polar surface area (TPSA) is 30.0 Å². The molecule has 2 aromatic rings. The molecule has 66 valence electrons. The molecule has 2 rings (SSSR count). The second-order valence-corrected chi connectivity index (χ2v) is 4.04. The number of hydrogen-bond acceptors (Lipinski definition) is 3. The first-order valence-corrected chi connectivity index (χ1v) is 4.86. The van der Waals surface area contributed by atoms with E-state index < -0.39 is 0 Å². The van der Waals surface area contributed by atoms with Gasteiger partial charge >= 0.3 is 0 Å². The molecule has 13 heavy (non-hydrogen) atoms. The molecular formula is C10H9NOS. The fourth-order valence-corrected chi connectivity index (χ4v) is 2.16. The molecule has 2 aromatic heterocycles. The zero-order valence-corrected chi connectivity index (χ0v) is 8.31. The van der Waals surface area contributed by atoms with Gasteiger partial charge in [0.25, 0.3) is 0 Å². The van der Waals surface area contributed by atoms with Gasteiger partial charge in [0.1, 0.15) is 4.83 Å².